The van der Waals surface area contributed by atoms with Crippen LogP contribution in [-0.4, -0.2) is 105 Å². The second-order valence-corrected chi connectivity index (χ2v) is 7.09. The Bertz CT molecular complexity index is 173. The summed E-state index contributed by atoms with van der Waals surface area (Å²) in [6.07, 6.45) is 0. The van der Waals surface area contributed by atoms with Crippen molar-refractivity contribution < 1.29 is 0 Å². The Kier molecular flexibility index (Phi) is 7.60. The van der Waals surface area contributed by atoms with Gasteiger partial charge in [0.2, 0.25) is 0 Å². The van der Waals surface area contributed by atoms with Crippen molar-refractivity contribution in [1.29, 1.82) is 0 Å². The Morgan fingerprint density at radius 2 is 0.812 bits per heavy atom. The van der Waals surface area contributed by atoms with Gasteiger partial charge in [0.1, 0.15) is 0 Å². The lowest BCUT2D eigenvalue weighted by Crippen LogP contribution is -2.57. The van der Waals surface area contributed by atoms with Gasteiger partial charge in [0.05, 0.1) is 0 Å². The minimum atomic E-state index is 0.606. The third-order valence-corrected chi connectivity index (χ3v) is 5.24. The van der Waals surface area contributed by atoms with E-state index in [1.54, 1.807) is 0 Å². The van der Waals surface area contributed by atoms with Gasteiger partial charge >= 0.3 is 0 Å². The van der Waals surface area contributed by atoms with Crippen LogP contribution >= 0.6 is 0 Å². The lowest BCUT2D eigenvalue weighted by atomic mass is 11.1. The minimum absolute atomic E-state index is 0.606. The number of hydrogen-bond acceptors (Lipinski definition) is 6. The normalized spacial score (nSPS) is 13.1. The van der Waals surface area contributed by atoms with Crippen LogP contribution < -0.4 is 0 Å². The van der Waals surface area contributed by atoms with E-state index in [4.69, 9.17) is 0 Å². The number of nitrogens with zero attached hydrogens (tertiary/aromatic N) is 6. The zero-order valence-electron chi connectivity index (χ0n) is 11.7. The van der Waals surface area contributed by atoms with Gasteiger partial charge < -0.3 is 0 Å². The van der Waals surface area contributed by atoms with Crippen molar-refractivity contribution >= 4 is 19.7 Å². The second-order valence-electron chi connectivity index (χ2n) is 4.10. The third-order valence-electron chi connectivity index (χ3n) is 2.08. The Morgan fingerprint density at radius 3 is 1.00 bits per heavy atom. The van der Waals surface area contributed by atoms with Crippen LogP contribution in [0.4, 0.5) is 0 Å². The predicted octanol–water partition coefficient (Wildman–Crippen LogP) is -1.35. The van der Waals surface area contributed by atoms with Gasteiger partial charge in [-0.1, -0.05) is 0 Å². The third kappa shape index (κ3) is 6.06. The summed E-state index contributed by atoms with van der Waals surface area (Å²) in [5.41, 5.74) is 0. The molecule has 0 saturated heterocycles. The quantitative estimate of drug-likeness (QED) is 0.413. The first-order valence-corrected chi connectivity index (χ1v) is 6.86. The lowest BCUT2D eigenvalue weighted by molar-refractivity contribution is 0.101. The molecule has 0 heterocycles. The summed E-state index contributed by atoms with van der Waals surface area (Å²) in [6, 6.07) is 0. The average Bonchev–Trinajstić information content (AvgIpc) is 2.15. The van der Waals surface area contributed by atoms with Crippen LogP contribution in [0.25, 0.3) is 0 Å². The molecular weight excluding hydrogens is 236 g/mol. The average molecular weight is 260 g/mol. The van der Waals surface area contributed by atoms with E-state index < -0.39 is 0 Å². The van der Waals surface area contributed by atoms with E-state index in [9.17, 15) is 0 Å². The molecule has 0 rings (SSSR count). The van der Waals surface area contributed by atoms with Crippen molar-refractivity contribution in [2.75, 3.05) is 56.4 Å². The van der Waals surface area contributed by atoms with Gasteiger partial charge in [-0.3, -0.25) is 28.7 Å². The number of hydrazine groups is 3. The zero-order valence-corrected chi connectivity index (χ0v) is 13.7. The SMILES string of the molecule is CN(C)N(C)[Si]N([Si]N(C)N(C)C)N(C)C. The fourth-order valence-corrected chi connectivity index (χ4v) is 2.97. The summed E-state index contributed by atoms with van der Waals surface area (Å²) < 4.78 is 6.69. The molecule has 0 atom stereocenters. The van der Waals surface area contributed by atoms with Crippen LogP contribution in [0, 0.1) is 0 Å². The predicted molar refractivity (Wildman–Crippen MR) is 69.9 cm³/mol. The molecule has 6 nitrogen and oxygen atoms in total. The maximum Gasteiger partial charge on any atom is 0.275 e. The highest BCUT2D eigenvalue weighted by molar-refractivity contribution is 6.46. The fraction of sp³-hybridized carbons (Fsp3) is 1.00. The van der Waals surface area contributed by atoms with Gasteiger partial charge in [-0.05, 0) is 14.1 Å². The molecule has 0 aromatic carbocycles. The van der Waals surface area contributed by atoms with Crippen molar-refractivity contribution in [3.8, 4) is 0 Å². The molecule has 0 aliphatic rings. The topological polar surface area (TPSA) is 19.4 Å². The van der Waals surface area contributed by atoms with Crippen LogP contribution in [0.3, 0.4) is 0 Å². The molecule has 8 heteroatoms. The smallest absolute Gasteiger partial charge is 0.259 e. The lowest BCUT2D eigenvalue weighted by Gasteiger charge is -2.36. The van der Waals surface area contributed by atoms with Gasteiger partial charge in [0.15, 0.2) is 0 Å². The van der Waals surface area contributed by atoms with Crippen LogP contribution in [0.5, 0.6) is 0 Å². The van der Waals surface area contributed by atoms with E-state index in [1.807, 2.05) is 0 Å². The van der Waals surface area contributed by atoms with E-state index in [2.05, 4.69) is 85.1 Å². The van der Waals surface area contributed by atoms with Crippen molar-refractivity contribution in [3.63, 3.8) is 0 Å². The first-order chi connectivity index (χ1) is 7.25. The van der Waals surface area contributed by atoms with Crippen LogP contribution in [0.2, 0.25) is 0 Å². The molecule has 0 saturated carbocycles. The Hall–Kier alpha value is 0.194. The van der Waals surface area contributed by atoms with Gasteiger partial charge in [-0.15, -0.1) is 0 Å². The van der Waals surface area contributed by atoms with E-state index in [0.29, 0.717) is 19.7 Å². The Morgan fingerprint density at radius 1 is 0.500 bits per heavy atom. The second kappa shape index (κ2) is 7.51. The molecule has 0 aromatic heterocycles. The van der Waals surface area contributed by atoms with Gasteiger partial charge in [-0.2, -0.15) is 0 Å². The largest absolute Gasteiger partial charge is 0.275 e. The molecule has 0 bridgehead atoms. The van der Waals surface area contributed by atoms with Crippen LogP contribution in [0.15, 0.2) is 0 Å². The Balaban J connectivity index is 4.28. The molecule has 0 amide bonds. The van der Waals surface area contributed by atoms with Crippen LogP contribution in [-0.2, 0) is 0 Å². The van der Waals surface area contributed by atoms with E-state index in [0.717, 1.165) is 0 Å². The monoisotopic (exact) mass is 260 g/mol. The molecule has 0 aromatic rings. The number of rotatable bonds is 7. The van der Waals surface area contributed by atoms with Crippen molar-refractivity contribution in [2.45, 2.75) is 0 Å². The molecule has 0 spiro atoms. The van der Waals surface area contributed by atoms with Crippen molar-refractivity contribution in [3.05, 3.63) is 0 Å². The summed E-state index contributed by atoms with van der Waals surface area (Å²) in [5, 5.41) is 6.32. The Labute approximate surface area is 105 Å². The highest BCUT2D eigenvalue weighted by Crippen LogP contribution is 1.94. The number of hydrogen-bond donors (Lipinski definition) is 0. The summed E-state index contributed by atoms with van der Waals surface area (Å²) >= 11 is 0. The molecule has 0 N–H and O–H groups in total. The summed E-state index contributed by atoms with van der Waals surface area (Å²) in [4.78, 5) is 0. The first kappa shape index (κ1) is 16.2. The van der Waals surface area contributed by atoms with Gasteiger partial charge in [0.25, 0.3) is 19.7 Å². The van der Waals surface area contributed by atoms with Crippen LogP contribution in [0.1, 0.15) is 0 Å². The van der Waals surface area contributed by atoms with Crippen molar-refractivity contribution in [2.24, 2.45) is 0 Å². The maximum absolute atomic E-state index is 2.31. The molecule has 94 valence electrons. The molecule has 0 unspecified atom stereocenters. The highest BCUT2D eigenvalue weighted by atomic mass is 28.3. The maximum atomic E-state index is 2.31. The van der Waals surface area contributed by atoms with E-state index in [-0.39, 0.29) is 0 Å². The molecule has 4 radical (unpaired) electrons. The van der Waals surface area contributed by atoms with Crippen molar-refractivity contribution in [1.82, 2.24) is 28.7 Å². The van der Waals surface area contributed by atoms with E-state index in [1.165, 1.54) is 0 Å². The summed E-state index contributed by atoms with van der Waals surface area (Å²) in [5.74, 6) is 0. The summed E-state index contributed by atoms with van der Waals surface area (Å²) in [6.45, 7) is 0. The fourth-order valence-electron chi connectivity index (χ4n) is 0.654. The molecular formula is C8H24N6Si2. The molecule has 0 aliphatic carbocycles. The van der Waals surface area contributed by atoms with Gasteiger partial charge in [-0.25, -0.2) is 0 Å². The first-order valence-electron chi connectivity index (χ1n) is 5.07. The minimum Gasteiger partial charge on any atom is -0.259 e. The standard InChI is InChI=1S/C8H24N6Si2/c1-9(2)12(7)15-14(11(5)6)16-13(8)10(3)4/h1-8H3. The zero-order chi connectivity index (χ0) is 12.9. The highest BCUT2D eigenvalue weighted by Gasteiger charge is 2.18. The molecule has 16 heavy (non-hydrogen) atoms. The molecule has 0 aliphatic heterocycles. The van der Waals surface area contributed by atoms with Gasteiger partial charge in [0, 0.05) is 42.3 Å². The van der Waals surface area contributed by atoms with E-state index >= 15 is 0 Å². The summed E-state index contributed by atoms with van der Waals surface area (Å²) in [7, 11) is 17.8. The molecule has 0 fully saturated rings.